The molecule has 0 saturated carbocycles. The predicted octanol–water partition coefficient (Wildman–Crippen LogP) is 15.3. The van der Waals surface area contributed by atoms with Crippen LogP contribution < -0.4 is 0 Å². The topological polar surface area (TPSA) is 48.0 Å². The third kappa shape index (κ3) is 7.66. The van der Waals surface area contributed by atoms with Gasteiger partial charge in [0, 0.05) is 27.6 Å². The molecule has 2 aromatic heterocycles. The number of benzene rings is 8. The molecule has 2 heterocycles. The lowest BCUT2D eigenvalue weighted by atomic mass is 9.95. The van der Waals surface area contributed by atoms with Crippen LogP contribution >= 0.6 is 0 Å². The van der Waals surface area contributed by atoms with Crippen molar-refractivity contribution in [2.75, 3.05) is 0 Å². The summed E-state index contributed by atoms with van der Waals surface area (Å²) in [4.78, 5) is 19.4. The molecule has 0 saturated heterocycles. The second-order valence-corrected chi connectivity index (χ2v) is 15.2. The first-order chi connectivity index (χ1) is 31.1. The fourth-order valence-corrected chi connectivity index (χ4v) is 8.22. The lowest BCUT2D eigenvalue weighted by Crippen LogP contribution is -2.04. The Hall–Kier alpha value is -8.72. The lowest BCUT2D eigenvalue weighted by Gasteiger charge is -2.19. The van der Waals surface area contributed by atoms with Crippen molar-refractivity contribution in [3.05, 3.63) is 242 Å². The van der Waals surface area contributed by atoms with E-state index in [0.717, 1.165) is 83.1 Å². The summed E-state index contributed by atoms with van der Waals surface area (Å²) in [5, 5.41) is 2.10. The van der Waals surface area contributed by atoms with Crippen LogP contribution in [0.25, 0.3) is 106 Å². The van der Waals surface area contributed by atoms with Crippen LogP contribution in [-0.2, 0) is 0 Å². The van der Waals surface area contributed by atoms with Crippen LogP contribution in [0, 0.1) is 6.57 Å². The fourth-order valence-electron chi connectivity index (χ4n) is 8.22. The van der Waals surface area contributed by atoms with Crippen molar-refractivity contribution in [1.29, 1.82) is 0 Å². The minimum absolute atomic E-state index is 0.554. The van der Waals surface area contributed by atoms with Gasteiger partial charge in [0.25, 0.3) is 0 Å². The molecule has 5 heteroatoms. The van der Waals surface area contributed by atoms with Gasteiger partial charge in [0.05, 0.1) is 23.3 Å². The molecule has 0 aliphatic carbocycles. The Labute approximate surface area is 366 Å². The molecule has 0 atom stereocenters. The zero-order valence-electron chi connectivity index (χ0n) is 34.3. The van der Waals surface area contributed by atoms with Crippen molar-refractivity contribution in [2.24, 2.45) is 0 Å². The maximum absolute atomic E-state index is 7.80. The van der Waals surface area contributed by atoms with Gasteiger partial charge in [-0.25, -0.2) is 19.8 Å². The van der Waals surface area contributed by atoms with Crippen LogP contribution in [0.3, 0.4) is 0 Å². The van der Waals surface area contributed by atoms with E-state index in [2.05, 4.69) is 186 Å². The number of rotatable bonds is 10. The van der Waals surface area contributed by atoms with Crippen molar-refractivity contribution in [2.45, 2.75) is 0 Å². The second kappa shape index (κ2) is 17.1. The third-order valence-electron chi connectivity index (χ3n) is 11.3. The number of aromatic nitrogens is 4. The molecule has 0 N–H and O–H groups in total. The normalized spacial score (nSPS) is 11.4. The maximum Gasteiger partial charge on any atom is 0.188 e. The van der Waals surface area contributed by atoms with Gasteiger partial charge < -0.3 is 4.57 Å². The summed E-state index contributed by atoms with van der Waals surface area (Å²) in [6, 6.07) is 66.8. The summed E-state index contributed by atoms with van der Waals surface area (Å²) in [6.45, 7) is 11.7. The Kier molecular flexibility index (Phi) is 10.4. The van der Waals surface area contributed by atoms with Gasteiger partial charge in [0.15, 0.2) is 23.2 Å². The van der Waals surface area contributed by atoms with E-state index in [1.807, 2.05) is 48.6 Å². The van der Waals surface area contributed by atoms with E-state index >= 15 is 0 Å². The average Bonchev–Trinajstić information content (AvgIpc) is 3.69. The van der Waals surface area contributed by atoms with Crippen LogP contribution in [-0.4, -0.2) is 19.5 Å². The molecule has 0 amide bonds. The van der Waals surface area contributed by atoms with Crippen molar-refractivity contribution < 1.29 is 0 Å². The summed E-state index contributed by atoms with van der Waals surface area (Å²) in [5.74, 6) is 1.71. The molecule has 0 spiro atoms. The molecule has 0 unspecified atom stereocenters. The van der Waals surface area contributed by atoms with Gasteiger partial charge in [-0.15, -0.1) is 0 Å². The molecule has 0 fully saturated rings. The Morgan fingerprint density at radius 3 is 1.49 bits per heavy atom. The highest BCUT2D eigenvalue weighted by Gasteiger charge is 2.22. The number of fused-ring (bicyclic) bond motifs is 3. The van der Waals surface area contributed by atoms with E-state index in [9.17, 15) is 0 Å². The molecular formula is C58H39N5. The highest BCUT2D eigenvalue weighted by atomic mass is 15.0. The van der Waals surface area contributed by atoms with Gasteiger partial charge >= 0.3 is 0 Å². The van der Waals surface area contributed by atoms with Gasteiger partial charge in [-0.3, -0.25) is 0 Å². The van der Waals surface area contributed by atoms with Crippen molar-refractivity contribution in [1.82, 2.24) is 19.5 Å². The fraction of sp³-hybridized carbons (Fsp3) is 0. The molecular weight excluding hydrogens is 767 g/mol. The van der Waals surface area contributed by atoms with Gasteiger partial charge in [0.2, 0.25) is 0 Å². The van der Waals surface area contributed by atoms with E-state index in [-0.39, 0.29) is 0 Å². The monoisotopic (exact) mass is 805 g/mol. The van der Waals surface area contributed by atoms with Gasteiger partial charge in [-0.05, 0) is 69.1 Å². The van der Waals surface area contributed by atoms with Crippen LogP contribution in [0.2, 0.25) is 0 Å². The number of hydrogen-bond acceptors (Lipinski definition) is 3. The number of nitrogens with zero attached hydrogens (tertiary/aromatic N) is 5. The van der Waals surface area contributed by atoms with E-state index in [4.69, 9.17) is 21.5 Å². The molecule has 10 rings (SSSR count). The molecule has 296 valence electrons. The van der Waals surface area contributed by atoms with Crippen molar-refractivity contribution in [3.63, 3.8) is 0 Å². The first kappa shape index (κ1) is 38.5. The minimum Gasteiger partial charge on any atom is -0.308 e. The molecule has 63 heavy (non-hydrogen) atoms. The zero-order valence-corrected chi connectivity index (χ0v) is 34.3. The number of allylic oxidation sites excluding steroid dienone is 4. The largest absolute Gasteiger partial charge is 0.308 e. The van der Waals surface area contributed by atoms with Crippen molar-refractivity contribution >= 4 is 33.6 Å². The molecule has 0 aliphatic heterocycles. The molecule has 0 bridgehead atoms. The standard InChI is InChI=1S/C58H39N5/c1-3-4-5-9-24-47-37-48(38-51(44-22-14-8-15-23-44)55(47)63-53-26-17-16-25-50(53)52-39-49(59-2)35-36-54(52)63)58-61-56(45-31-27-42(28-32-45)40-18-10-6-11-19-40)60-57(62-58)46-33-29-43(30-34-46)41-20-12-7-13-21-41/h3-39H,1H2/b5-4-,24-9+. The summed E-state index contributed by atoms with van der Waals surface area (Å²) in [7, 11) is 0. The van der Waals surface area contributed by atoms with Crippen molar-refractivity contribution in [3.8, 4) is 73.2 Å². The minimum atomic E-state index is 0.554. The van der Waals surface area contributed by atoms with Gasteiger partial charge in [-0.2, -0.15) is 0 Å². The van der Waals surface area contributed by atoms with E-state index < -0.39 is 0 Å². The van der Waals surface area contributed by atoms with E-state index in [1.54, 1.807) is 6.08 Å². The first-order valence-electron chi connectivity index (χ1n) is 20.8. The SMILES string of the molecule is [C-]#[N+]c1ccc2c(c1)c1ccccc1n2-c1c(/C=C/C=C\C=C)cc(-c2nc(-c3ccc(-c4ccccc4)cc3)nc(-c3ccc(-c4ccccc4)cc3)n2)cc1-c1ccccc1. The van der Waals surface area contributed by atoms with Gasteiger partial charge in [-0.1, -0.05) is 201 Å². The quantitative estimate of drug-likeness (QED) is 0.102. The molecule has 0 radical (unpaired) electrons. The smallest absolute Gasteiger partial charge is 0.188 e. The number of para-hydroxylation sites is 1. The first-order valence-corrected chi connectivity index (χ1v) is 20.8. The van der Waals surface area contributed by atoms with Crippen LogP contribution in [0.4, 0.5) is 5.69 Å². The lowest BCUT2D eigenvalue weighted by molar-refractivity contribution is 1.07. The third-order valence-corrected chi connectivity index (χ3v) is 11.3. The Morgan fingerprint density at radius 1 is 0.429 bits per heavy atom. The Balaban J connectivity index is 1.22. The summed E-state index contributed by atoms with van der Waals surface area (Å²) in [5.41, 5.74) is 13.8. The van der Waals surface area contributed by atoms with Crippen LogP contribution in [0.5, 0.6) is 0 Å². The van der Waals surface area contributed by atoms with Crippen LogP contribution in [0.15, 0.2) is 225 Å². The summed E-state index contributed by atoms with van der Waals surface area (Å²) >= 11 is 0. The zero-order chi connectivity index (χ0) is 42.5. The maximum atomic E-state index is 7.80. The highest BCUT2D eigenvalue weighted by Crippen LogP contribution is 2.42. The highest BCUT2D eigenvalue weighted by molar-refractivity contribution is 6.11. The molecule has 10 aromatic rings. The summed E-state index contributed by atoms with van der Waals surface area (Å²) < 4.78 is 2.33. The Morgan fingerprint density at radius 2 is 0.921 bits per heavy atom. The summed E-state index contributed by atoms with van der Waals surface area (Å²) in [6.07, 6.45) is 9.84. The Bertz CT molecular complexity index is 3270. The molecule has 0 aliphatic rings. The van der Waals surface area contributed by atoms with E-state index in [1.165, 1.54) is 0 Å². The predicted molar refractivity (Wildman–Crippen MR) is 261 cm³/mol. The number of hydrogen-bond donors (Lipinski definition) is 0. The average molecular weight is 806 g/mol. The molecule has 8 aromatic carbocycles. The molecule has 5 nitrogen and oxygen atoms in total. The van der Waals surface area contributed by atoms with Crippen LogP contribution in [0.1, 0.15) is 5.56 Å². The van der Waals surface area contributed by atoms with E-state index in [0.29, 0.717) is 23.2 Å². The van der Waals surface area contributed by atoms with Gasteiger partial charge in [0.1, 0.15) is 0 Å². The second-order valence-electron chi connectivity index (χ2n) is 15.2.